The molecule has 3 N–H and O–H groups in total. The van der Waals surface area contributed by atoms with Crippen LogP contribution in [-0.4, -0.2) is 70.3 Å². The van der Waals surface area contributed by atoms with Crippen molar-refractivity contribution in [3.8, 4) is 0 Å². The summed E-state index contributed by atoms with van der Waals surface area (Å²) in [5.74, 6) is -1.84. The number of esters is 1. The van der Waals surface area contributed by atoms with Gasteiger partial charge in [0, 0.05) is 13.0 Å². The molecular weight excluding hydrogens is 586 g/mol. The van der Waals surface area contributed by atoms with Crippen molar-refractivity contribution in [3.05, 3.63) is 71.3 Å². The number of amides is 3. The van der Waals surface area contributed by atoms with Gasteiger partial charge >= 0.3 is 12.1 Å². The Kier molecular flexibility index (Phi) is 14.7. The third kappa shape index (κ3) is 13.2. The number of carbonyl (C=O) groups excluding carboxylic acids is 4. The molecule has 0 aliphatic heterocycles. The second kappa shape index (κ2) is 17.7. The van der Waals surface area contributed by atoms with Crippen LogP contribution >= 0.6 is 0 Å². The maximum atomic E-state index is 14.4. The molecule has 10 heteroatoms. The highest BCUT2D eigenvalue weighted by Gasteiger charge is 2.38. The van der Waals surface area contributed by atoms with Crippen molar-refractivity contribution in [1.82, 2.24) is 15.5 Å². The van der Waals surface area contributed by atoms with E-state index in [2.05, 4.69) is 17.6 Å². The highest BCUT2D eigenvalue weighted by Crippen LogP contribution is 2.25. The lowest BCUT2D eigenvalue weighted by atomic mass is 9.99. The molecule has 3 amide bonds. The summed E-state index contributed by atoms with van der Waals surface area (Å²) < 4.78 is 11.0. The van der Waals surface area contributed by atoms with Crippen molar-refractivity contribution >= 4 is 23.9 Å². The van der Waals surface area contributed by atoms with Crippen LogP contribution in [-0.2, 0) is 30.3 Å². The number of aliphatic hydroxyl groups excluding tert-OH is 1. The summed E-state index contributed by atoms with van der Waals surface area (Å²) in [6.07, 6.45) is 2.59. The molecule has 0 heterocycles. The van der Waals surface area contributed by atoms with Gasteiger partial charge in [-0.25, -0.2) is 9.59 Å². The van der Waals surface area contributed by atoms with Gasteiger partial charge in [0.15, 0.2) is 0 Å². The maximum absolute atomic E-state index is 14.4. The van der Waals surface area contributed by atoms with Crippen LogP contribution in [0.2, 0.25) is 0 Å². The molecule has 0 spiro atoms. The molecule has 254 valence electrons. The van der Waals surface area contributed by atoms with Crippen molar-refractivity contribution in [2.45, 2.75) is 117 Å². The molecule has 3 unspecified atom stereocenters. The van der Waals surface area contributed by atoms with E-state index in [4.69, 9.17) is 9.47 Å². The van der Waals surface area contributed by atoms with Crippen molar-refractivity contribution in [3.63, 3.8) is 0 Å². The summed E-state index contributed by atoms with van der Waals surface area (Å²) in [6.45, 7) is 13.8. The quantitative estimate of drug-likeness (QED) is 0.176. The van der Waals surface area contributed by atoms with Crippen molar-refractivity contribution in [2.24, 2.45) is 0 Å². The van der Waals surface area contributed by atoms with E-state index in [1.807, 2.05) is 49.4 Å². The molecule has 0 fully saturated rings. The molecule has 3 atom stereocenters. The van der Waals surface area contributed by atoms with Gasteiger partial charge in [0.1, 0.15) is 29.3 Å². The Hall–Kier alpha value is -3.92. The van der Waals surface area contributed by atoms with Crippen LogP contribution in [0, 0.1) is 6.92 Å². The van der Waals surface area contributed by atoms with Gasteiger partial charge in [-0.15, -0.1) is 0 Å². The van der Waals surface area contributed by atoms with E-state index in [0.717, 1.165) is 30.4 Å². The Balaban J connectivity index is 2.57. The number of aryl methyl sites for hydroxylation is 1. The molecule has 0 aliphatic rings. The van der Waals surface area contributed by atoms with Crippen LogP contribution in [0.1, 0.15) is 96.9 Å². The number of nitrogens with zero attached hydrogens (tertiary/aromatic N) is 1. The molecule has 46 heavy (non-hydrogen) atoms. The van der Waals surface area contributed by atoms with Gasteiger partial charge in [-0.3, -0.25) is 9.59 Å². The minimum absolute atomic E-state index is 0.173. The topological polar surface area (TPSA) is 134 Å². The Morgan fingerprint density at radius 3 is 2.04 bits per heavy atom. The van der Waals surface area contributed by atoms with Crippen molar-refractivity contribution in [2.75, 3.05) is 13.2 Å². The normalized spacial score (nSPS) is 13.6. The SMILES string of the molecule is CCCCCCN(C(=O)C(CO)NC(=O)OC(C)(C)C)C(C(=O)NC(Cc1ccccc1)C(=O)OC(C)(C)C)c1cccc(C)c1. The van der Waals surface area contributed by atoms with Crippen LogP contribution in [0.25, 0.3) is 0 Å². The number of nitrogens with one attached hydrogen (secondary N) is 2. The van der Waals surface area contributed by atoms with E-state index in [1.54, 1.807) is 53.7 Å². The lowest BCUT2D eigenvalue weighted by Crippen LogP contribution is -2.56. The number of benzene rings is 2. The molecule has 0 saturated carbocycles. The molecule has 2 aromatic carbocycles. The van der Waals surface area contributed by atoms with Crippen LogP contribution in [0.15, 0.2) is 54.6 Å². The number of carbonyl (C=O) groups is 4. The van der Waals surface area contributed by atoms with Gasteiger partial charge in [0.25, 0.3) is 0 Å². The van der Waals surface area contributed by atoms with Gasteiger partial charge in [0.05, 0.1) is 6.61 Å². The summed E-state index contributed by atoms with van der Waals surface area (Å²) in [5, 5.41) is 15.6. The molecule has 0 aromatic heterocycles. The fourth-order valence-electron chi connectivity index (χ4n) is 4.89. The first-order chi connectivity index (χ1) is 21.5. The van der Waals surface area contributed by atoms with E-state index in [1.165, 1.54) is 4.90 Å². The van der Waals surface area contributed by atoms with Crippen LogP contribution in [0.5, 0.6) is 0 Å². The largest absolute Gasteiger partial charge is 0.458 e. The van der Waals surface area contributed by atoms with E-state index < -0.39 is 59.8 Å². The summed E-state index contributed by atoms with van der Waals surface area (Å²) >= 11 is 0. The molecule has 0 saturated heterocycles. The lowest BCUT2D eigenvalue weighted by molar-refractivity contribution is -0.159. The summed E-state index contributed by atoms with van der Waals surface area (Å²) in [7, 11) is 0. The minimum Gasteiger partial charge on any atom is -0.458 e. The Morgan fingerprint density at radius 1 is 0.826 bits per heavy atom. The summed E-state index contributed by atoms with van der Waals surface area (Å²) in [6, 6.07) is 12.9. The summed E-state index contributed by atoms with van der Waals surface area (Å²) in [4.78, 5) is 56.0. The highest BCUT2D eigenvalue weighted by molar-refractivity contribution is 5.94. The third-order valence-corrected chi connectivity index (χ3v) is 6.92. The van der Waals surface area contributed by atoms with Gasteiger partial charge in [-0.1, -0.05) is 86.3 Å². The predicted octanol–water partition coefficient (Wildman–Crippen LogP) is 5.40. The Bertz CT molecular complexity index is 1280. The number of ether oxygens (including phenoxy) is 2. The number of hydrogen-bond donors (Lipinski definition) is 3. The molecule has 2 rings (SSSR count). The van der Waals surface area contributed by atoms with E-state index in [-0.39, 0.29) is 13.0 Å². The standard InChI is InChI=1S/C36H53N3O7/c1-9-10-11-15-21-39(32(42)29(24-40)38-34(44)46-36(6,7)8)30(27-20-16-17-25(2)22-27)31(41)37-28(33(43)45-35(3,4)5)23-26-18-13-12-14-19-26/h12-14,16-20,22,28-30,40H,9-11,15,21,23-24H2,1-8H3,(H,37,41)(H,38,44). The smallest absolute Gasteiger partial charge is 0.408 e. The zero-order valence-corrected chi connectivity index (χ0v) is 28.7. The number of alkyl carbamates (subject to hydrolysis) is 1. The average molecular weight is 640 g/mol. The zero-order chi connectivity index (χ0) is 34.5. The van der Waals surface area contributed by atoms with Crippen molar-refractivity contribution in [1.29, 1.82) is 0 Å². The number of hydrogen-bond acceptors (Lipinski definition) is 7. The molecular formula is C36H53N3O7. The van der Waals surface area contributed by atoms with Crippen molar-refractivity contribution < 1.29 is 33.8 Å². The molecule has 0 bridgehead atoms. The summed E-state index contributed by atoms with van der Waals surface area (Å²) in [5.41, 5.74) is 0.590. The van der Waals surface area contributed by atoms with E-state index in [0.29, 0.717) is 12.0 Å². The minimum atomic E-state index is -1.37. The fourth-order valence-corrected chi connectivity index (χ4v) is 4.89. The van der Waals surface area contributed by atoms with Crippen LogP contribution in [0.3, 0.4) is 0 Å². The first kappa shape index (κ1) is 38.3. The Morgan fingerprint density at radius 2 is 1.48 bits per heavy atom. The first-order valence-electron chi connectivity index (χ1n) is 16.1. The highest BCUT2D eigenvalue weighted by atomic mass is 16.6. The number of unbranched alkanes of at least 4 members (excludes halogenated alkanes) is 3. The predicted molar refractivity (Wildman–Crippen MR) is 178 cm³/mol. The average Bonchev–Trinajstić information content (AvgIpc) is 2.95. The molecule has 2 aromatic rings. The second-order valence-corrected chi connectivity index (χ2v) is 13.6. The van der Waals surface area contributed by atoms with Crippen LogP contribution < -0.4 is 10.6 Å². The van der Waals surface area contributed by atoms with E-state index in [9.17, 15) is 24.3 Å². The van der Waals surface area contributed by atoms with E-state index >= 15 is 0 Å². The fraction of sp³-hybridized carbons (Fsp3) is 0.556. The third-order valence-electron chi connectivity index (χ3n) is 6.92. The lowest BCUT2D eigenvalue weighted by Gasteiger charge is -2.35. The second-order valence-electron chi connectivity index (χ2n) is 13.6. The molecule has 0 aliphatic carbocycles. The monoisotopic (exact) mass is 639 g/mol. The molecule has 0 radical (unpaired) electrons. The maximum Gasteiger partial charge on any atom is 0.408 e. The number of aliphatic hydroxyl groups is 1. The zero-order valence-electron chi connectivity index (χ0n) is 28.7. The van der Waals surface area contributed by atoms with Gasteiger partial charge in [0.2, 0.25) is 11.8 Å². The molecule has 10 nitrogen and oxygen atoms in total. The Labute approximate surface area is 274 Å². The van der Waals surface area contributed by atoms with Gasteiger partial charge in [-0.05, 0) is 66.0 Å². The van der Waals surface area contributed by atoms with Crippen LogP contribution in [0.4, 0.5) is 4.79 Å². The first-order valence-corrected chi connectivity index (χ1v) is 16.1. The number of rotatable bonds is 15. The van der Waals surface area contributed by atoms with Gasteiger partial charge < -0.3 is 30.1 Å². The van der Waals surface area contributed by atoms with Gasteiger partial charge in [-0.2, -0.15) is 0 Å².